The Kier molecular flexibility index (Phi) is 8.30. The molecule has 0 bridgehead atoms. The smallest absolute Gasteiger partial charge is 0.331 e. The van der Waals surface area contributed by atoms with Gasteiger partial charge in [0.25, 0.3) is 5.56 Å². The van der Waals surface area contributed by atoms with E-state index in [1.807, 2.05) is 30.3 Å². The number of aromatic nitrogens is 2. The van der Waals surface area contributed by atoms with Crippen LogP contribution in [0, 0.1) is 18.6 Å². The van der Waals surface area contributed by atoms with E-state index in [1.54, 1.807) is 31.2 Å². The number of rotatable bonds is 10. The van der Waals surface area contributed by atoms with Crippen LogP contribution in [0.15, 0.2) is 82.4 Å². The molecule has 1 aromatic heterocycles. The molecule has 0 spiro atoms. The molecule has 6 nitrogen and oxygen atoms in total. The molecule has 0 saturated carbocycles. The van der Waals surface area contributed by atoms with E-state index in [9.17, 15) is 18.4 Å². The molecule has 3 aromatic carbocycles. The highest BCUT2D eigenvalue weighted by molar-refractivity contribution is 5.66. The quantitative estimate of drug-likeness (QED) is 0.329. The van der Waals surface area contributed by atoms with E-state index >= 15 is 0 Å². The molecular formula is C29H29F2N3O3. The zero-order valence-corrected chi connectivity index (χ0v) is 20.8. The minimum atomic E-state index is -0.755. The van der Waals surface area contributed by atoms with Crippen LogP contribution >= 0.6 is 0 Å². The Morgan fingerprint density at radius 1 is 0.865 bits per heavy atom. The number of ether oxygens (including phenoxy) is 1. The van der Waals surface area contributed by atoms with Crippen molar-refractivity contribution in [3.05, 3.63) is 122 Å². The van der Waals surface area contributed by atoms with Crippen molar-refractivity contribution in [3.63, 3.8) is 0 Å². The van der Waals surface area contributed by atoms with E-state index in [0.717, 1.165) is 23.1 Å². The summed E-state index contributed by atoms with van der Waals surface area (Å²) >= 11 is 0. The van der Waals surface area contributed by atoms with Gasteiger partial charge >= 0.3 is 5.69 Å². The van der Waals surface area contributed by atoms with Crippen molar-refractivity contribution in [3.8, 4) is 16.9 Å². The maximum absolute atomic E-state index is 14.5. The van der Waals surface area contributed by atoms with Gasteiger partial charge in [-0.3, -0.25) is 13.9 Å². The lowest BCUT2D eigenvalue weighted by Crippen LogP contribution is -2.44. The highest BCUT2D eigenvalue weighted by Gasteiger charge is 2.20. The number of hydrogen-bond acceptors (Lipinski definition) is 4. The fourth-order valence-electron chi connectivity index (χ4n) is 4.33. The van der Waals surface area contributed by atoms with Crippen LogP contribution in [-0.2, 0) is 19.5 Å². The number of hydrogen-bond donors (Lipinski definition) is 1. The third-order valence-electron chi connectivity index (χ3n) is 6.37. The topological polar surface area (TPSA) is 65.3 Å². The molecule has 0 aliphatic carbocycles. The van der Waals surface area contributed by atoms with Crippen LogP contribution in [0.3, 0.4) is 0 Å². The third-order valence-corrected chi connectivity index (χ3v) is 6.37. The van der Waals surface area contributed by atoms with Crippen LogP contribution in [0.5, 0.6) is 5.75 Å². The molecule has 0 radical (unpaired) electrons. The highest BCUT2D eigenvalue weighted by Crippen LogP contribution is 2.24. The second kappa shape index (κ2) is 11.8. The minimum Gasteiger partial charge on any atom is -0.497 e. The van der Waals surface area contributed by atoms with Crippen molar-refractivity contribution >= 4 is 0 Å². The molecule has 0 atom stereocenters. The minimum absolute atomic E-state index is 0.101. The molecule has 0 saturated heterocycles. The van der Waals surface area contributed by atoms with Crippen LogP contribution < -0.4 is 21.3 Å². The molecule has 1 heterocycles. The summed E-state index contributed by atoms with van der Waals surface area (Å²) < 4.78 is 36.6. The fourth-order valence-corrected chi connectivity index (χ4v) is 4.33. The zero-order valence-electron chi connectivity index (χ0n) is 20.8. The number of benzene rings is 3. The van der Waals surface area contributed by atoms with Gasteiger partial charge in [-0.2, -0.15) is 0 Å². The lowest BCUT2D eigenvalue weighted by molar-refractivity contribution is 0.415. The lowest BCUT2D eigenvalue weighted by atomic mass is 10.0. The number of nitrogens with one attached hydrogen (secondary N) is 1. The monoisotopic (exact) mass is 505 g/mol. The molecule has 37 heavy (non-hydrogen) atoms. The third kappa shape index (κ3) is 5.86. The van der Waals surface area contributed by atoms with Crippen LogP contribution in [0.2, 0.25) is 0 Å². The molecule has 8 heteroatoms. The number of halogens is 2. The molecular weight excluding hydrogens is 476 g/mol. The van der Waals surface area contributed by atoms with Crippen LogP contribution in [0.25, 0.3) is 11.1 Å². The van der Waals surface area contributed by atoms with Gasteiger partial charge in [-0.1, -0.05) is 48.5 Å². The Balaban J connectivity index is 1.70. The van der Waals surface area contributed by atoms with Gasteiger partial charge in [-0.25, -0.2) is 13.6 Å². The largest absolute Gasteiger partial charge is 0.497 e. The van der Waals surface area contributed by atoms with Crippen molar-refractivity contribution in [1.29, 1.82) is 0 Å². The van der Waals surface area contributed by atoms with Crippen molar-refractivity contribution in [2.75, 3.05) is 20.2 Å². The van der Waals surface area contributed by atoms with Gasteiger partial charge in [0.2, 0.25) is 0 Å². The van der Waals surface area contributed by atoms with Crippen molar-refractivity contribution in [2.45, 2.75) is 26.4 Å². The maximum Gasteiger partial charge on any atom is 0.331 e. The van der Waals surface area contributed by atoms with Crippen LogP contribution in [0.4, 0.5) is 8.78 Å². The summed E-state index contributed by atoms with van der Waals surface area (Å²) in [5.41, 5.74) is 0.995. The molecule has 1 N–H and O–H groups in total. The average Bonchev–Trinajstić information content (AvgIpc) is 2.90. The Morgan fingerprint density at radius 2 is 1.57 bits per heavy atom. The Morgan fingerprint density at radius 3 is 2.27 bits per heavy atom. The van der Waals surface area contributed by atoms with Gasteiger partial charge in [0.1, 0.15) is 17.4 Å². The van der Waals surface area contributed by atoms with Crippen LogP contribution in [0.1, 0.15) is 16.8 Å². The summed E-state index contributed by atoms with van der Waals surface area (Å²) in [4.78, 5) is 27.0. The molecule has 0 unspecified atom stereocenters. The first-order valence-corrected chi connectivity index (χ1v) is 12.1. The van der Waals surface area contributed by atoms with Crippen molar-refractivity contribution < 1.29 is 13.5 Å². The molecule has 0 aliphatic rings. The van der Waals surface area contributed by atoms with Gasteiger partial charge in [0, 0.05) is 24.3 Å². The standard InChI is InChI=1S/C29H29F2N3O3/c1-20-27(22-10-6-11-23(18-22)37-2)28(35)33(17-16-32-15-14-21-8-4-3-5-9-21)29(36)34(20)19-24-25(30)12-7-13-26(24)31/h3-13,18,32H,14-17,19H2,1-2H3. The van der Waals surface area contributed by atoms with E-state index in [0.29, 0.717) is 30.1 Å². The van der Waals surface area contributed by atoms with E-state index in [-0.39, 0.29) is 24.2 Å². The summed E-state index contributed by atoms with van der Waals surface area (Å²) in [5, 5.41) is 3.27. The molecule has 4 rings (SSSR count). The Labute approximate surface area is 213 Å². The second-order valence-corrected chi connectivity index (χ2v) is 8.70. The van der Waals surface area contributed by atoms with E-state index in [4.69, 9.17) is 4.74 Å². The van der Waals surface area contributed by atoms with Gasteiger partial charge < -0.3 is 10.1 Å². The first-order valence-electron chi connectivity index (χ1n) is 12.1. The summed E-state index contributed by atoms with van der Waals surface area (Å²) in [5.74, 6) is -0.965. The molecule has 0 amide bonds. The predicted molar refractivity (Wildman–Crippen MR) is 140 cm³/mol. The molecule has 0 aliphatic heterocycles. The summed E-state index contributed by atoms with van der Waals surface area (Å²) in [6.07, 6.45) is 0.801. The van der Waals surface area contributed by atoms with Crippen molar-refractivity contribution in [1.82, 2.24) is 14.5 Å². The summed E-state index contributed by atoms with van der Waals surface area (Å²) in [6.45, 7) is 2.41. The highest BCUT2D eigenvalue weighted by atomic mass is 19.1. The lowest BCUT2D eigenvalue weighted by Gasteiger charge is -2.18. The van der Waals surface area contributed by atoms with E-state index in [1.165, 1.54) is 23.3 Å². The predicted octanol–water partition coefficient (Wildman–Crippen LogP) is 4.15. The first-order chi connectivity index (χ1) is 17.9. The Hall–Kier alpha value is -4.04. The SMILES string of the molecule is COc1cccc(-c2c(C)n(Cc3c(F)cccc3F)c(=O)n(CCNCCc3ccccc3)c2=O)c1. The van der Waals surface area contributed by atoms with Gasteiger partial charge in [-0.05, 0) is 55.3 Å². The van der Waals surface area contributed by atoms with E-state index in [2.05, 4.69) is 5.32 Å². The van der Waals surface area contributed by atoms with Crippen LogP contribution in [-0.4, -0.2) is 29.3 Å². The van der Waals surface area contributed by atoms with Gasteiger partial charge in [0.05, 0.1) is 19.2 Å². The number of methoxy groups -OCH3 is 1. The van der Waals surface area contributed by atoms with Crippen molar-refractivity contribution in [2.24, 2.45) is 0 Å². The zero-order chi connectivity index (χ0) is 26.4. The van der Waals surface area contributed by atoms with Gasteiger partial charge in [0.15, 0.2) is 0 Å². The summed E-state index contributed by atoms with van der Waals surface area (Å²) in [6, 6.07) is 20.5. The first kappa shape index (κ1) is 26.0. The summed E-state index contributed by atoms with van der Waals surface area (Å²) in [7, 11) is 1.52. The maximum atomic E-state index is 14.5. The van der Waals surface area contributed by atoms with E-state index < -0.39 is 22.9 Å². The molecule has 4 aromatic rings. The molecule has 192 valence electrons. The normalized spacial score (nSPS) is 11.0. The fraction of sp³-hybridized carbons (Fsp3) is 0.241. The second-order valence-electron chi connectivity index (χ2n) is 8.70. The average molecular weight is 506 g/mol. The number of nitrogens with zero attached hydrogens (tertiary/aromatic N) is 2. The molecule has 0 fully saturated rings. The van der Waals surface area contributed by atoms with Gasteiger partial charge in [-0.15, -0.1) is 0 Å². The Bertz CT molecular complexity index is 1480.